The van der Waals surface area contributed by atoms with Gasteiger partial charge in [0.2, 0.25) is 11.7 Å². The van der Waals surface area contributed by atoms with Crippen LogP contribution in [-0.4, -0.2) is 64.5 Å². The molecule has 2 atom stereocenters. The van der Waals surface area contributed by atoms with Gasteiger partial charge in [-0.2, -0.15) is 4.79 Å². The molecule has 2 unspecified atom stereocenters. The number of benzene rings is 3. The number of H-pyrrole nitrogens is 1. The monoisotopic (exact) mass is 621 g/mol. The maximum Gasteiger partial charge on any atom is 0.407 e. The van der Waals surface area contributed by atoms with Crippen LogP contribution >= 0.6 is 0 Å². The fraction of sp³-hybridized carbons (Fsp3) is 0.286. The number of hydrogen-bond donors (Lipinski definition) is 3. The number of carbonyl (C=O) groups excluding carboxylic acids is 4. The lowest BCUT2D eigenvalue weighted by Gasteiger charge is -2.23. The largest absolute Gasteiger partial charge is 0.461 e. The Morgan fingerprint density at radius 1 is 0.913 bits per heavy atom. The van der Waals surface area contributed by atoms with E-state index in [1.807, 2.05) is 72.8 Å². The summed E-state index contributed by atoms with van der Waals surface area (Å²) in [4.78, 5) is 57.8. The Kier molecular flexibility index (Phi) is 10.0. The highest BCUT2D eigenvalue weighted by Gasteiger charge is 2.32. The van der Waals surface area contributed by atoms with Crippen molar-refractivity contribution in [2.45, 2.75) is 57.2 Å². The molecule has 2 amide bonds. The first-order valence-corrected chi connectivity index (χ1v) is 15.1. The number of amides is 2. The molecule has 46 heavy (non-hydrogen) atoms. The smallest absolute Gasteiger partial charge is 0.407 e. The molecule has 3 aromatic carbocycles. The molecule has 11 heteroatoms. The highest BCUT2D eigenvalue weighted by molar-refractivity contribution is 6.25. The SMILES string of the molecule is CC(C)OC(=O)C(CCC(=O)C=[N+]=[N-])NC(=O)C(Cc1c[nH]c2ccccc12)NC(=O)OCC1c2ccccc2-c2ccccc21. The summed E-state index contributed by atoms with van der Waals surface area (Å²) in [6, 6.07) is 21.2. The summed E-state index contributed by atoms with van der Waals surface area (Å²) in [5.74, 6) is -2.10. The molecular weight excluding hydrogens is 586 g/mol. The number of hydrogen-bond acceptors (Lipinski definition) is 6. The third-order valence-corrected chi connectivity index (χ3v) is 7.89. The number of nitrogens with one attached hydrogen (secondary N) is 3. The predicted molar refractivity (Wildman–Crippen MR) is 171 cm³/mol. The lowest BCUT2D eigenvalue weighted by Crippen LogP contribution is -2.53. The van der Waals surface area contributed by atoms with Crippen LogP contribution in [0.1, 0.15) is 49.3 Å². The van der Waals surface area contributed by atoms with Crippen molar-refractivity contribution < 1.29 is 33.4 Å². The number of Topliss-reactive ketones (excluding diaryl/α,β-unsaturated/α-hetero) is 1. The number of aromatic nitrogens is 1. The summed E-state index contributed by atoms with van der Waals surface area (Å²) in [7, 11) is 0. The van der Waals surface area contributed by atoms with Crippen molar-refractivity contribution >= 4 is 40.9 Å². The third kappa shape index (κ3) is 7.39. The molecule has 1 aromatic heterocycles. The van der Waals surface area contributed by atoms with Crippen LogP contribution < -0.4 is 10.6 Å². The maximum absolute atomic E-state index is 13.7. The first-order chi connectivity index (χ1) is 22.2. The molecule has 236 valence electrons. The molecule has 0 fully saturated rings. The minimum Gasteiger partial charge on any atom is -0.461 e. The number of rotatable bonds is 13. The van der Waals surface area contributed by atoms with Gasteiger partial charge in [-0.05, 0) is 54.2 Å². The quantitative estimate of drug-likeness (QED) is 0.0848. The molecule has 1 aliphatic rings. The highest BCUT2D eigenvalue weighted by Crippen LogP contribution is 2.44. The van der Waals surface area contributed by atoms with E-state index < -0.39 is 41.9 Å². The standard InChI is InChI=1S/C35H35N5O6/c1-21(2)46-34(43)31(16-15-23(41)19-38-36)39-33(42)32(17-22-18-37-30-14-8-7-9-24(22)30)40-35(44)45-20-29-27-12-5-3-10-25(27)26-11-4-6-13-28(26)29/h3-14,18-19,21,29,31-32,37H,15-17,20H2,1-2H3,(H,39,42)(H,40,44). The van der Waals surface area contributed by atoms with Gasteiger partial charge in [-0.25, -0.2) is 9.59 Å². The van der Waals surface area contributed by atoms with Gasteiger partial charge in [0.05, 0.1) is 6.10 Å². The van der Waals surface area contributed by atoms with E-state index in [9.17, 15) is 19.2 Å². The first kappa shape index (κ1) is 31.9. The predicted octanol–water partition coefficient (Wildman–Crippen LogP) is 4.70. The minimum absolute atomic E-state index is 0.0547. The van der Waals surface area contributed by atoms with E-state index in [0.29, 0.717) is 0 Å². The number of aromatic amines is 1. The van der Waals surface area contributed by atoms with Crippen LogP contribution in [0.4, 0.5) is 4.79 Å². The van der Waals surface area contributed by atoms with Crippen LogP contribution in [-0.2, 0) is 30.3 Å². The minimum atomic E-state index is -1.19. The van der Waals surface area contributed by atoms with E-state index >= 15 is 0 Å². The van der Waals surface area contributed by atoms with Gasteiger partial charge in [0.1, 0.15) is 18.7 Å². The maximum atomic E-state index is 13.7. The van der Waals surface area contributed by atoms with Gasteiger partial charge >= 0.3 is 18.3 Å². The summed E-state index contributed by atoms with van der Waals surface area (Å²) in [6.07, 6.45) is 1.02. The molecule has 4 aromatic rings. The summed E-state index contributed by atoms with van der Waals surface area (Å²) < 4.78 is 11.0. The van der Waals surface area contributed by atoms with Crippen molar-refractivity contribution in [1.82, 2.24) is 15.6 Å². The number of esters is 1. The molecule has 0 aliphatic heterocycles. The Morgan fingerprint density at radius 3 is 2.24 bits per heavy atom. The molecule has 0 spiro atoms. The summed E-state index contributed by atoms with van der Waals surface area (Å²) in [6.45, 7) is 3.39. The summed E-state index contributed by atoms with van der Waals surface area (Å²) >= 11 is 0. The zero-order valence-electron chi connectivity index (χ0n) is 25.6. The van der Waals surface area contributed by atoms with Gasteiger partial charge in [-0.1, -0.05) is 66.7 Å². The first-order valence-electron chi connectivity index (χ1n) is 15.1. The van der Waals surface area contributed by atoms with Gasteiger partial charge in [-0.3, -0.25) is 9.59 Å². The van der Waals surface area contributed by atoms with E-state index in [4.69, 9.17) is 15.0 Å². The van der Waals surface area contributed by atoms with Gasteiger partial charge in [-0.15, -0.1) is 0 Å². The lowest BCUT2D eigenvalue weighted by molar-refractivity contribution is -0.151. The Labute approximate surface area is 265 Å². The Bertz CT molecular complexity index is 1760. The van der Waals surface area contributed by atoms with Crippen LogP contribution in [0, 0.1) is 0 Å². The molecule has 0 bridgehead atoms. The molecule has 0 saturated heterocycles. The van der Waals surface area contributed by atoms with E-state index in [1.54, 1.807) is 20.0 Å². The Morgan fingerprint density at radius 2 is 1.57 bits per heavy atom. The number of ketones is 1. The van der Waals surface area contributed by atoms with Gasteiger partial charge in [0.15, 0.2) is 0 Å². The third-order valence-electron chi connectivity index (χ3n) is 7.89. The molecular formula is C35H35N5O6. The van der Waals surface area contributed by atoms with Crippen LogP contribution in [0.15, 0.2) is 79.0 Å². The van der Waals surface area contributed by atoms with Crippen molar-refractivity contribution in [1.29, 1.82) is 0 Å². The molecule has 0 saturated carbocycles. The van der Waals surface area contributed by atoms with Crippen LogP contribution in [0.3, 0.4) is 0 Å². The van der Waals surface area contributed by atoms with Crippen LogP contribution in [0.25, 0.3) is 27.6 Å². The van der Waals surface area contributed by atoms with Crippen molar-refractivity contribution in [2.75, 3.05) is 6.61 Å². The topological polar surface area (TPSA) is 163 Å². The molecule has 5 rings (SSSR count). The van der Waals surface area contributed by atoms with Crippen molar-refractivity contribution in [2.24, 2.45) is 0 Å². The summed E-state index contributed by atoms with van der Waals surface area (Å²) in [5, 5.41) is 6.23. The van der Waals surface area contributed by atoms with E-state index in [0.717, 1.165) is 44.9 Å². The molecule has 3 N–H and O–H groups in total. The lowest BCUT2D eigenvalue weighted by atomic mass is 9.98. The summed E-state index contributed by atoms with van der Waals surface area (Å²) in [5.41, 5.74) is 14.6. The number of para-hydroxylation sites is 1. The average molecular weight is 622 g/mol. The Balaban J connectivity index is 1.34. The van der Waals surface area contributed by atoms with E-state index in [1.165, 1.54) is 0 Å². The van der Waals surface area contributed by atoms with Crippen molar-refractivity contribution in [3.63, 3.8) is 0 Å². The normalized spacial score (nSPS) is 13.2. The fourth-order valence-electron chi connectivity index (χ4n) is 5.76. The highest BCUT2D eigenvalue weighted by atomic mass is 16.6. The van der Waals surface area contributed by atoms with Crippen LogP contribution in [0.5, 0.6) is 0 Å². The van der Waals surface area contributed by atoms with Gasteiger partial charge < -0.3 is 30.6 Å². The van der Waals surface area contributed by atoms with Gasteiger partial charge in [0, 0.05) is 35.9 Å². The van der Waals surface area contributed by atoms with Crippen LogP contribution in [0.2, 0.25) is 0 Å². The fourth-order valence-corrected chi connectivity index (χ4v) is 5.76. The van der Waals surface area contributed by atoms with E-state index in [-0.39, 0.29) is 31.8 Å². The molecule has 1 aliphatic carbocycles. The number of ether oxygens (including phenoxy) is 2. The number of nitrogens with zero attached hydrogens (tertiary/aromatic N) is 2. The molecule has 1 heterocycles. The number of fused-ring (bicyclic) bond motifs is 4. The zero-order chi connectivity index (χ0) is 32.6. The van der Waals surface area contributed by atoms with Gasteiger partial charge in [0.25, 0.3) is 0 Å². The zero-order valence-corrected chi connectivity index (χ0v) is 25.6. The molecule has 0 radical (unpaired) electrons. The Hall–Kier alpha value is -5.54. The van der Waals surface area contributed by atoms with Crippen molar-refractivity contribution in [3.8, 4) is 11.1 Å². The van der Waals surface area contributed by atoms with E-state index in [2.05, 4.69) is 20.4 Å². The number of carbonyl (C=O) groups is 4. The van der Waals surface area contributed by atoms with Crippen molar-refractivity contribution in [3.05, 3.63) is 101 Å². The number of alkyl carbamates (subject to hydrolysis) is 1. The second kappa shape index (κ2) is 14.5. The second-order valence-electron chi connectivity index (χ2n) is 11.4. The second-order valence-corrected chi connectivity index (χ2v) is 11.4. The molecule has 11 nitrogen and oxygen atoms in total. The average Bonchev–Trinajstić information content (AvgIpc) is 3.60.